The van der Waals surface area contributed by atoms with Crippen molar-refractivity contribution in [2.24, 2.45) is 0 Å². The molecule has 82 valence electrons. The van der Waals surface area contributed by atoms with Gasteiger partial charge in [0.25, 0.3) is 0 Å². The third kappa shape index (κ3) is 2.76. The molecule has 0 radical (unpaired) electrons. The quantitative estimate of drug-likeness (QED) is 0.646. The summed E-state index contributed by atoms with van der Waals surface area (Å²) in [5, 5.41) is 0. The van der Waals surface area contributed by atoms with E-state index in [0.29, 0.717) is 5.69 Å². The fourth-order valence-corrected chi connectivity index (χ4v) is 2.31. The Hall–Kier alpha value is -1.48. The average Bonchev–Trinajstić information content (AvgIpc) is 2.29. The number of hydrogen-bond acceptors (Lipinski definition) is 2. The Morgan fingerprint density at radius 1 is 1.06 bits per heavy atom. The second-order valence-electron chi connectivity index (χ2n) is 3.44. The molecule has 2 rings (SSSR count). The Labute approximate surface area is 98.5 Å². The molecule has 0 saturated carbocycles. The zero-order valence-corrected chi connectivity index (χ0v) is 9.51. The van der Waals surface area contributed by atoms with Crippen LogP contribution < -0.4 is 5.73 Å². The van der Waals surface area contributed by atoms with E-state index in [-0.39, 0.29) is 5.82 Å². The van der Waals surface area contributed by atoms with Gasteiger partial charge in [-0.1, -0.05) is 24.3 Å². The minimum Gasteiger partial charge on any atom is -0.398 e. The molecule has 2 aromatic carbocycles. The largest absolute Gasteiger partial charge is 0.398 e. The lowest BCUT2D eigenvalue weighted by Gasteiger charge is -2.05. The fraction of sp³-hybridized carbons (Fsp3) is 0.0769. The van der Waals surface area contributed by atoms with Gasteiger partial charge in [-0.05, 0) is 29.8 Å². The number of thioether (sulfide) groups is 1. The number of hydrogen-bond donors (Lipinski definition) is 1. The first-order chi connectivity index (χ1) is 7.75. The van der Waals surface area contributed by atoms with E-state index in [2.05, 4.69) is 0 Å². The van der Waals surface area contributed by atoms with Gasteiger partial charge in [0.15, 0.2) is 0 Å². The summed E-state index contributed by atoms with van der Waals surface area (Å²) >= 11 is 1.69. The molecule has 2 N–H and O–H groups in total. The molecule has 0 aliphatic heterocycles. The molecule has 0 spiro atoms. The van der Waals surface area contributed by atoms with Crippen LogP contribution in [-0.2, 0) is 5.75 Å². The summed E-state index contributed by atoms with van der Waals surface area (Å²) in [5.41, 5.74) is 7.22. The summed E-state index contributed by atoms with van der Waals surface area (Å²) in [6.45, 7) is 0. The van der Waals surface area contributed by atoms with Crippen molar-refractivity contribution in [3.05, 3.63) is 59.9 Å². The maximum atomic E-state index is 12.8. The van der Waals surface area contributed by atoms with Gasteiger partial charge >= 0.3 is 0 Å². The number of benzene rings is 2. The number of nitrogen functional groups attached to an aromatic ring is 1. The molecule has 0 bridgehead atoms. The van der Waals surface area contributed by atoms with Crippen LogP contribution in [0.3, 0.4) is 0 Å². The Balaban J connectivity index is 2.05. The number of nitrogens with two attached hydrogens (primary N) is 1. The predicted octanol–water partition coefficient (Wildman–Crippen LogP) is 3.70. The molecule has 0 aliphatic rings. The maximum Gasteiger partial charge on any atom is 0.125 e. The van der Waals surface area contributed by atoms with Gasteiger partial charge in [0.1, 0.15) is 5.82 Å². The molecule has 0 fully saturated rings. The van der Waals surface area contributed by atoms with E-state index in [1.54, 1.807) is 17.8 Å². The zero-order chi connectivity index (χ0) is 11.4. The first-order valence-electron chi connectivity index (χ1n) is 4.97. The second-order valence-corrected chi connectivity index (χ2v) is 4.49. The minimum absolute atomic E-state index is 0.286. The normalized spacial score (nSPS) is 10.3. The molecule has 0 unspecified atom stereocenters. The average molecular weight is 233 g/mol. The first-order valence-corrected chi connectivity index (χ1v) is 5.96. The maximum absolute atomic E-state index is 12.8. The topological polar surface area (TPSA) is 26.0 Å². The summed E-state index contributed by atoms with van der Waals surface area (Å²) < 4.78 is 12.8. The first kappa shape index (κ1) is 11.0. The molecular weight excluding hydrogens is 221 g/mol. The van der Waals surface area contributed by atoms with Gasteiger partial charge in [-0.15, -0.1) is 11.8 Å². The molecule has 0 saturated heterocycles. The highest BCUT2D eigenvalue weighted by molar-refractivity contribution is 7.98. The Bertz CT molecular complexity index is 471. The fourth-order valence-electron chi connectivity index (χ4n) is 1.38. The van der Waals surface area contributed by atoms with Gasteiger partial charge in [-0.25, -0.2) is 4.39 Å². The minimum atomic E-state index is -0.286. The standard InChI is InChI=1S/C13H12FNS/c14-11-7-6-10(13(15)8-11)9-16-12-4-2-1-3-5-12/h1-8H,9,15H2. The smallest absolute Gasteiger partial charge is 0.125 e. The van der Waals surface area contributed by atoms with Gasteiger partial charge in [0, 0.05) is 16.3 Å². The molecule has 0 atom stereocenters. The van der Waals surface area contributed by atoms with Crippen molar-refractivity contribution >= 4 is 17.4 Å². The third-order valence-corrected chi connectivity index (χ3v) is 3.31. The lowest BCUT2D eigenvalue weighted by Crippen LogP contribution is -1.93. The summed E-state index contributed by atoms with van der Waals surface area (Å²) in [6, 6.07) is 14.6. The highest BCUT2D eigenvalue weighted by atomic mass is 32.2. The highest BCUT2D eigenvalue weighted by Crippen LogP contribution is 2.25. The molecule has 16 heavy (non-hydrogen) atoms. The van der Waals surface area contributed by atoms with Crippen molar-refractivity contribution in [2.75, 3.05) is 5.73 Å². The molecule has 1 nitrogen and oxygen atoms in total. The monoisotopic (exact) mass is 233 g/mol. The van der Waals surface area contributed by atoms with E-state index in [9.17, 15) is 4.39 Å². The van der Waals surface area contributed by atoms with E-state index in [4.69, 9.17) is 5.73 Å². The van der Waals surface area contributed by atoms with Crippen molar-refractivity contribution in [1.29, 1.82) is 0 Å². The van der Waals surface area contributed by atoms with Crippen molar-refractivity contribution in [3.8, 4) is 0 Å². The third-order valence-electron chi connectivity index (χ3n) is 2.25. The lowest BCUT2D eigenvalue weighted by molar-refractivity contribution is 0.628. The summed E-state index contributed by atoms with van der Waals surface area (Å²) in [4.78, 5) is 1.19. The molecule has 2 aromatic rings. The Kier molecular flexibility index (Phi) is 3.47. The van der Waals surface area contributed by atoms with Crippen molar-refractivity contribution in [3.63, 3.8) is 0 Å². The number of anilines is 1. The van der Waals surface area contributed by atoms with Crippen molar-refractivity contribution in [1.82, 2.24) is 0 Å². The lowest BCUT2D eigenvalue weighted by atomic mass is 10.2. The van der Waals surface area contributed by atoms with Gasteiger partial charge in [0.05, 0.1) is 0 Å². The van der Waals surface area contributed by atoms with E-state index < -0.39 is 0 Å². The van der Waals surface area contributed by atoms with Crippen LogP contribution in [0.5, 0.6) is 0 Å². The predicted molar refractivity (Wildman–Crippen MR) is 66.8 cm³/mol. The summed E-state index contributed by atoms with van der Waals surface area (Å²) in [7, 11) is 0. The van der Waals surface area contributed by atoms with Gasteiger partial charge < -0.3 is 5.73 Å². The van der Waals surface area contributed by atoms with Gasteiger partial charge in [0.2, 0.25) is 0 Å². The highest BCUT2D eigenvalue weighted by Gasteiger charge is 2.01. The van der Waals surface area contributed by atoms with Crippen LogP contribution in [0.15, 0.2) is 53.4 Å². The molecule has 0 heterocycles. The Morgan fingerprint density at radius 2 is 1.81 bits per heavy atom. The van der Waals surface area contributed by atoms with E-state index in [1.807, 2.05) is 30.3 Å². The van der Waals surface area contributed by atoms with Gasteiger partial charge in [-0.3, -0.25) is 0 Å². The molecule has 3 heteroatoms. The van der Waals surface area contributed by atoms with Crippen LogP contribution >= 0.6 is 11.8 Å². The number of rotatable bonds is 3. The van der Waals surface area contributed by atoms with Crippen LogP contribution in [0, 0.1) is 5.82 Å². The molecule has 0 amide bonds. The van der Waals surface area contributed by atoms with Crippen molar-refractivity contribution in [2.45, 2.75) is 10.6 Å². The van der Waals surface area contributed by atoms with Crippen LogP contribution in [0.1, 0.15) is 5.56 Å². The second kappa shape index (κ2) is 5.03. The van der Waals surface area contributed by atoms with Gasteiger partial charge in [-0.2, -0.15) is 0 Å². The SMILES string of the molecule is Nc1cc(F)ccc1CSc1ccccc1. The Morgan fingerprint density at radius 3 is 2.50 bits per heavy atom. The van der Waals surface area contributed by atoms with Crippen LogP contribution in [0.2, 0.25) is 0 Å². The summed E-state index contributed by atoms with van der Waals surface area (Å²) in [5.74, 6) is 0.474. The molecular formula is C13H12FNS. The van der Waals surface area contributed by atoms with E-state index in [1.165, 1.54) is 17.0 Å². The molecule has 0 aliphatic carbocycles. The van der Waals surface area contributed by atoms with Crippen molar-refractivity contribution < 1.29 is 4.39 Å². The zero-order valence-electron chi connectivity index (χ0n) is 8.69. The van der Waals surface area contributed by atoms with Crippen LogP contribution in [0.4, 0.5) is 10.1 Å². The summed E-state index contributed by atoms with van der Waals surface area (Å²) in [6.07, 6.45) is 0. The van der Waals surface area contributed by atoms with Crippen LogP contribution in [0.25, 0.3) is 0 Å². The van der Waals surface area contributed by atoms with E-state index in [0.717, 1.165) is 11.3 Å². The molecule has 0 aromatic heterocycles. The van der Waals surface area contributed by atoms with Crippen LogP contribution in [-0.4, -0.2) is 0 Å². The number of halogens is 1. The van der Waals surface area contributed by atoms with E-state index >= 15 is 0 Å².